The molecule has 1 unspecified atom stereocenters. The van der Waals surface area contributed by atoms with E-state index in [2.05, 4.69) is 10.3 Å². The van der Waals surface area contributed by atoms with Crippen LogP contribution in [0.1, 0.15) is 26.7 Å². The molecule has 0 bridgehead atoms. The van der Waals surface area contributed by atoms with Crippen molar-refractivity contribution in [3.63, 3.8) is 0 Å². The Kier molecular flexibility index (Phi) is 4.50. The minimum Gasteiger partial charge on any atom is -0.362 e. The molecule has 1 rings (SSSR count). The molecule has 16 heavy (non-hydrogen) atoms. The first-order valence-electron chi connectivity index (χ1n) is 5.30. The van der Waals surface area contributed by atoms with Gasteiger partial charge in [-0.2, -0.15) is 0 Å². The van der Waals surface area contributed by atoms with Crippen LogP contribution in [0, 0.1) is 5.82 Å². The Morgan fingerprint density at radius 1 is 1.62 bits per heavy atom. The van der Waals surface area contributed by atoms with Gasteiger partial charge in [-0.1, -0.05) is 18.5 Å². The zero-order valence-corrected chi connectivity index (χ0v) is 10.3. The van der Waals surface area contributed by atoms with Gasteiger partial charge in [-0.15, -0.1) is 0 Å². The summed E-state index contributed by atoms with van der Waals surface area (Å²) in [6.45, 7) is 4.57. The van der Waals surface area contributed by atoms with E-state index in [9.17, 15) is 4.39 Å². The maximum absolute atomic E-state index is 13.5. The fraction of sp³-hybridized carbons (Fsp3) is 0.545. The van der Waals surface area contributed by atoms with Gasteiger partial charge in [0.25, 0.3) is 0 Å². The second kappa shape index (κ2) is 5.46. The molecule has 0 aliphatic heterocycles. The standard InChI is InChI=1S/C11H17ClFN3/c1-3-11(2,4-5-14)16-10-9(13)6-8(12)7-15-10/h6-7H,3-5,14H2,1-2H3,(H,15,16). The molecule has 1 aromatic rings. The van der Waals surface area contributed by atoms with Crippen molar-refractivity contribution >= 4 is 17.4 Å². The number of rotatable bonds is 5. The summed E-state index contributed by atoms with van der Waals surface area (Å²) in [5, 5.41) is 3.37. The molecular formula is C11H17ClFN3. The summed E-state index contributed by atoms with van der Waals surface area (Å²) in [7, 11) is 0. The molecule has 1 aromatic heterocycles. The smallest absolute Gasteiger partial charge is 0.166 e. The van der Waals surface area contributed by atoms with Gasteiger partial charge in [-0.25, -0.2) is 9.37 Å². The van der Waals surface area contributed by atoms with Gasteiger partial charge in [0.05, 0.1) is 5.02 Å². The van der Waals surface area contributed by atoms with Crippen molar-refractivity contribution in [2.45, 2.75) is 32.2 Å². The van der Waals surface area contributed by atoms with E-state index in [4.69, 9.17) is 17.3 Å². The van der Waals surface area contributed by atoms with Gasteiger partial charge in [0.15, 0.2) is 11.6 Å². The van der Waals surface area contributed by atoms with Crippen molar-refractivity contribution < 1.29 is 4.39 Å². The second-order valence-corrected chi connectivity index (χ2v) is 4.50. The third kappa shape index (κ3) is 3.32. The van der Waals surface area contributed by atoms with Crippen molar-refractivity contribution in [1.29, 1.82) is 0 Å². The highest BCUT2D eigenvalue weighted by Gasteiger charge is 2.22. The average molecular weight is 246 g/mol. The third-order valence-corrected chi connectivity index (χ3v) is 2.91. The molecule has 0 saturated heterocycles. The van der Waals surface area contributed by atoms with Crippen molar-refractivity contribution in [3.8, 4) is 0 Å². The van der Waals surface area contributed by atoms with E-state index in [1.807, 2.05) is 13.8 Å². The van der Waals surface area contributed by atoms with E-state index in [0.717, 1.165) is 12.8 Å². The highest BCUT2D eigenvalue weighted by atomic mass is 35.5. The maximum atomic E-state index is 13.5. The fourth-order valence-corrected chi connectivity index (χ4v) is 1.58. The molecule has 0 aliphatic carbocycles. The molecule has 0 saturated carbocycles. The van der Waals surface area contributed by atoms with E-state index in [-0.39, 0.29) is 11.4 Å². The lowest BCUT2D eigenvalue weighted by Crippen LogP contribution is -2.37. The van der Waals surface area contributed by atoms with Crippen LogP contribution in [-0.2, 0) is 0 Å². The Balaban J connectivity index is 2.85. The Hall–Kier alpha value is -0.870. The normalized spacial score (nSPS) is 14.6. The number of aromatic nitrogens is 1. The summed E-state index contributed by atoms with van der Waals surface area (Å²) in [4.78, 5) is 3.93. The zero-order chi connectivity index (χ0) is 12.2. The molecule has 3 N–H and O–H groups in total. The van der Waals surface area contributed by atoms with E-state index in [1.165, 1.54) is 12.3 Å². The second-order valence-electron chi connectivity index (χ2n) is 4.06. The summed E-state index contributed by atoms with van der Waals surface area (Å²) < 4.78 is 13.5. The van der Waals surface area contributed by atoms with E-state index in [0.29, 0.717) is 11.6 Å². The van der Waals surface area contributed by atoms with Crippen LogP contribution in [0.25, 0.3) is 0 Å². The van der Waals surface area contributed by atoms with Gasteiger partial charge in [-0.3, -0.25) is 0 Å². The molecule has 0 amide bonds. The number of nitrogens with one attached hydrogen (secondary N) is 1. The molecular weight excluding hydrogens is 229 g/mol. The van der Waals surface area contributed by atoms with Crippen LogP contribution in [0.3, 0.4) is 0 Å². The van der Waals surface area contributed by atoms with E-state index in [1.54, 1.807) is 0 Å². The maximum Gasteiger partial charge on any atom is 0.166 e. The van der Waals surface area contributed by atoms with E-state index >= 15 is 0 Å². The summed E-state index contributed by atoms with van der Waals surface area (Å²) >= 11 is 5.63. The van der Waals surface area contributed by atoms with Crippen LogP contribution >= 0.6 is 11.6 Å². The molecule has 90 valence electrons. The average Bonchev–Trinajstić information content (AvgIpc) is 2.23. The van der Waals surface area contributed by atoms with Gasteiger partial charge in [0.1, 0.15) is 0 Å². The number of hydrogen-bond donors (Lipinski definition) is 2. The van der Waals surface area contributed by atoms with Gasteiger partial charge >= 0.3 is 0 Å². The quantitative estimate of drug-likeness (QED) is 0.839. The number of pyridine rings is 1. The number of nitrogens with two attached hydrogens (primary N) is 1. The Morgan fingerprint density at radius 2 is 2.31 bits per heavy atom. The lowest BCUT2D eigenvalue weighted by molar-refractivity contribution is 0.457. The van der Waals surface area contributed by atoms with E-state index < -0.39 is 5.82 Å². The largest absolute Gasteiger partial charge is 0.362 e. The Bertz CT molecular complexity index is 359. The molecule has 5 heteroatoms. The van der Waals surface area contributed by atoms with Gasteiger partial charge in [0.2, 0.25) is 0 Å². The molecule has 0 aromatic carbocycles. The third-order valence-electron chi connectivity index (χ3n) is 2.70. The van der Waals surface area contributed by atoms with Crippen molar-refractivity contribution in [2.24, 2.45) is 5.73 Å². The van der Waals surface area contributed by atoms with Crippen molar-refractivity contribution in [3.05, 3.63) is 23.1 Å². The van der Waals surface area contributed by atoms with Gasteiger partial charge in [0, 0.05) is 11.7 Å². The predicted molar refractivity (Wildman–Crippen MR) is 65.2 cm³/mol. The van der Waals surface area contributed by atoms with Crippen LogP contribution in [-0.4, -0.2) is 17.1 Å². The van der Waals surface area contributed by atoms with Gasteiger partial charge < -0.3 is 11.1 Å². The summed E-state index contributed by atoms with van der Waals surface area (Å²) in [5.74, 6) is -0.216. The van der Waals surface area contributed by atoms with Crippen LogP contribution in [0.5, 0.6) is 0 Å². The highest BCUT2D eigenvalue weighted by molar-refractivity contribution is 6.30. The number of anilines is 1. The molecule has 1 heterocycles. The highest BCUT2D eigenvalue weighted by Crippen LogP contribution is 2.23. The molecule has 0 fully saturated rings. The molecule has 0 spiro atoms. The topological polar surface area (TPSA) is 50.9 Å². The van der Waals surface area contributed by atoms with Crippen LogP contribution in [0.15, 0.2) is 12.3 Å². The molecule has 1 atom stereocenters. The Labute approximate surface area is 100 Å². The summed E-state index contributed by atoms with van der Waals surface area (Å²) in [5.41, 5.74) is 5.29. The number of hydrogen-bond acceptors (Lipinski definition) is 3. The molecule has 0 aliphatic rings. The van der Waals surface area contributed by atoms with Gasteiger partial charge in [-0.05, 0) is 32.4 Å². The molecule has 0 radical (unpaired) electrons. The predicted octanol–water partition coefficient (Wildman–Crippen LogP) is 2.80. The minimum absolute atomic E-state index is 0.224. The summed E-state index contributed by atoms with van der Waals surface area (Å²) in [6, 6.07) is 1.25. The molecule has 3 nitrogen and oxygen atoms in total. The number of halogens is 2. The number of nitrogens with zero attached hydrogens (tertiary/aromatic N) is 1. The van der Waals surface area contributed by atoms with Crippen LogP contribution < -0.4 is 11.1 Å². The lowest BCUT2D eigenvalue weighted by atomic mass is 9.94. The van der Waals surface area contributed by atoms with Crippen molar-refractivity contribution in [1.82, 2.24) is 4.98 Å². The first-order valence-corrected chi connectivity index (χ1v) is 5.68. The minimum atomic E-state index is -0.441. The lowest BCUT2D eigenvalue weighted by Gasteiger charge is -2.30. The zero-order valence-electron chi connectivity index (χ0n) is 9.56. The summed E-state index contributed by atoms with van der Waals surface area (Å²) in [6.07, 6.45) is 3.02. The SMILES string of the molecule is CCC(C)(CCN)Nc1ncc(Cl)cc1F. The fourth-order valence-electron chi connectivity index (χ4n) is 1.44. The first-order chi connectivity index (χ1) is 7.50. The Morgan fingerprint density at radius 3 is 2.81 bits per heavy atom. The monoisotopic (exact) mass is 245 g/mol. The van der Waals surface area contributed by atoms with Crippen LogP contribution in [0.4, 0.5) is 10.2 Å². The van der Waals surface area contributed by atoms with Crippen molar-refractivity contribution in [2.75, 3.05) is 11.9 Å². The first kappa shape index (κ1) is 13.2. The van der Waals surface area contributed by atoms with Crippen LogP contribution in [0.2, 0.25) is 5.02 Å².